The van der Waals surface area contributed by atoms with Gasteiger partial charge in [-0.05, 0) is 19.8 Å². The number of aliphatic hydroxyl groups is 1. The van der Waals surface area contributed by atoms with Crippen molar-refractivity contribution in [1.82, 2.24) is 4.90 Å². The van der Waals surface area contributed by atoms with E-state index in [4.69, 9.17) is 5.11 Å². The van der Waals surface area contributed by atoms with Gasteiger partial charge in [-0.15, -0.1) is 0 Å². The van der Waals surface area contributed by atoms with Crippen molar-refractivity contribution in [1.29, 1.82) is 0 Å². The Balaban J connectivity index is 2.93. The van der Waals surface area contributed by atoms with E-state index in [0.717, 1.165) is 0 Å². The van der Waals surface area contributed by atoms with Crippen molar-refractivity contribution in [2.24, 2.45) is 5.92 Å². The van der Waals surface area contributed by atoms with E-state index in [1.165, 1.54) is 4.90 Å². The molecule has 0 aliphatic carbocycles. The minimum Gasteiger partial charge on any atom is -0.396 e. The highest BCUT2D eigenvalue weighted by molar-refractivity contribution is 6.04. The van der Waals surface area contributed by atoms with E-state index < -0.39 is 5.54 Å². The normalized spacial score (nSPS) is 25.9. The van der Waals surface area contributed by atoms with Gasteiger partial charge >= 0.3 is 0 Å². The number of likely N-dealkylation sites (tertiary alicyclic amines) is 1. The fraction of sp³-hybridized carbons (Fsp3) is 0.818. The van der Waals surface area contributed by atoms with E-state index in [-0.39, 0.29) is 24.3 Å². The van der Waals surface area contributed by atoms with Crippen molar-refractivity contribution in [3.05, 3.63) is 0 Å². The number of rotatable bonds is 4. The van der Waals surface area contributed by atoms with E-state index in [0.29, 0.717) is 19.3 Å². The maximum Gasteiger partial charge on any atom is 0.233 e. The van der Waals surface area contributed by atoms with Gasteiger partial charge in [-0.3, -0.25) is 14.5 Å². The van der Waals surface area contributed by atoms with Crippen LogP contribution in [0.2, 0.25) is 0 Å². The monoisotopic (exact) mass is 213 g/mol. The van der Waals surface area contributed by atoms with Gasteiger partial charge in [0.2, 0.25) is 11.8 Å². The number of hydrogen-bond donors (Lipinski definition) is 1. The fourth-order valence-corrected chi connectivity index (χ4v) is 2.04. The molecule has 0 aromatic rings. The topological polar surface area (TPSA) is 57.6 Å². The van der Waals surface area contributed by atoms with Gasteiger partial charge in [0.05, 0.1) is 0 Å². The van der Waals surface area contributed by atoms with Gasteiger partial charge in [-0.25, -0.2) is 0 Å². The second-order valence-electron chi connectivity index (χ2n) is 4.50. The molecule has 0 bridgehead atoms. The summed E-state index contributed by atoms with van der Waals surface area (Å²) in [4.78, 5) is 24.9. The number of amides is 2. The van der Waals surface area contributed by atoms with Crippen LogP contribution in [0.5, 0.6) is 0 Å². The predicted molar refractivity (Wildman–Crippen MR) is 56.0 cm³/mol. The lowest BCUT2D eigenvalue weighted by atomic mass is 9.92. The van der Waals surface area contributed by atoms with Crippen molar-refractivity contribution in [2.45, 2.75) is 45.6 Å². The summed E-state index contributed by atoms with van der Waals surface area (Å²) in [6.07, 6.45) is 1.44. The molecule has 1 fully saturated rings. The lowest BCUT2D eigenvalue weighted by molar-refractivity contribution is -0.146. The lowest BCUT2D eigenvalue weighted by Gasteiger charge is -2.36. The molecular weight excluding hydrogens is 194 g/mol. The Morgan fingerprint density at radius 3 is 2.47 bits per heavy atom. The summed E-state index contributed by atoms with van der Waals surface area (Å²) in [5.74, 6) is -0.412. The van der Waals surface area contributed by atoms with Gasteiger partial charge in [0.1, 0.15) is 0 Å². The predicted octanol–water partition coefficient (Wildman–Crippen LogP) is 0.932. The number of hydrogen-bond acceptors (Lipinski definition) is 3. The molecule has 2 unspecified atom stereocenters. The molecule has 1 aliphatic heterocycles. The number of nitrogens with zero attached hydrogens (tertiary/aromatic N) is 1. The molecular formula is C11H19NO3. The van der Waals surface area contributed by atoms with E-state index in [9.17, 15) is 9.59 Å². The molecule has 4 heteroatoms. The molecule has 4 nitrogen and oxygen atoms in total. The molecule has 0 saturated carbocycles. The molecule has 0 aromatic heterocycles. The molecule has 1 aliphatic rings. The Kier molecular flexibility index (Phi) is 3.50. The number of imide groups is 1. The van der Waals surface area contributed by atoms with Crippen molar-refractivity contribution >= 4 is 11.8 Å². The van der Waals surface area contributed by atoms with Crippen LogP contribution in [0.4, 0.5) is 0 Å². The molecule has 1 saturated heterocycles. The van der Waals surface area contributed by atoms with Crippen molar-refractivity contribution in [3.63, 3.8) is 0 Å². The van der Waals surface area contributed by atoms with Crippen LogP contribution in [0.25, 0.3) is 0 Å². The maximum absolute atomic E-state index is 11.8. The van der Waals surface area contributed by atoms with Crippen LogP contribution >= 0.6 is 0 Å². The van der Waals surface area contributed by atoms with Gasteiger partial charge < -0.3 is 5.11 Å². The van der Waals surface area contributed by atoms with Crippen molar-refractivity contribution in [2.75, 3.05) is 6.61 Å². The highest BCUT2D eigenvalue weighted by Crippen LogP contribution is 2.31. The number of aliphatic hydroxyl groups excluding tert-OH is 1. The molecule has 86 valence electrons. The minimum atomic E-state index is -0.520. The Bertz CT molecular complexity index is 277. The second-order valence-corrected chi connectivity index (χ2v) is 4.50. The van der Waals surface area contributed by atoms with Gasteiger partial charge in [-0.1, -0.05) is 13.8 Å². The molecule has 2 atom stereocenters. The van der Waals surface area contributed by atoms with Crippen LogP contribution < -0.4 is 0 Å². The third-order valence-corrected chi connectivity index (χ3v) is 3.32. The van der Waals surface area contributed by atoms with Gasteiger partial charge in [-0.2, -0.15) is 0 Å². The van der Waals surface area contributed by atoms with Crippen LogP contribution in [0.15, 0.2) is 0 Å². The first-order valence-electron chi connectivity index (χ1n) is 5.44. The molecule has 0 radical (unpaired) electrons. The van der Waals surface area contributed by atoms with Gasteiger partial charge in [0.25, 0.3) is 0 Å². The van der Waals surface area contributed by atoms with Crippen LogP contribution in [-0.2, 0) is 9.59 Å². The van der Waals surface area contributed by atoms with Crippen LogP contribution in [-0.4, -0.2) is 34.0 Å². The smallest absolute Gasteiger partial charge is 0.233 e. The summed E-state index contributed by atoms with van der Waals surface area (Å²) in [6.45, 7) is 5.56. The zero-order chi connectivity index (χ0) is 11.6. The highest BCUT2D eigenvalue weighted by Gasteiger charge is 2.45. The summed E-state index contributed by atoms with van der Waals surface area (Å²) in [5, 5.41) is 8.98. The first-order valence-corrected chi connectivity index (χ1v) is 5.44. The van der Waals surface area contributed by atoms with Crippen LogP contribution in [0, 0.1) is 5.92 Å². The summed E-state index contributed by atoms with van der Waals surface area (Å²) >= 11 is 0. The first-order chi connectivity index (χ1) is 6.96. The number of carbonyl (C=O) groups excluding carboxylic acids is 2. The summed E-state index contributed by atoms with van der Waals surface area (Å²) in [7, 11) is 0. The molecule has 15 heavy (non-hydrogen) atoms. The SMILES string of the molecule is CCC(C)(CCO)N1C(=O)CC(C)C1=O. The van der Waals surface area contributed by atoms with E-state index in [1.54, 1.807) is 6.92 Å². The summed E-state index contributed by atoms with van der Waals surface area (Å²) in [5.41, 5.74) is -0.520. The van der Waals surface area contributed by atoms with E-state index in [1.807, 2.05) is 13.8 Å². The van der Waals surface area contributed by atoms with Crippen molar-refractivity contribution in [3.8, 4) is 0 Å². The van der Waals surface area contributed by atoms with Crippen LogP contribution in [0.1, 0.15) is 40.0 Å². The minimum absolute atomic E-state index is 0.00419. The molecule has 1 rings (SSSR count). The highest BCUT2D eigenvalue weighted by atomic mass is 16.3. The maximum atomic E-state index is 11.8. The standard InChI is InChI=1S/C11H19NO3/c1-4-11(3,5-6-13)12-9(14)7-8(2)10(12)15/h8,13H,4-7H2,1-3H3. The third-order valence-electron chi connectivity index (χ3n) is 3.32. The quantitative estimate of drug-likeness (QED) is 0.707. The van der Waals surface area contributed by atoms with Gasteiger partial charge in [0, 0.05) is 24.5 Å². The van der Waals surface area contributed by atoms with Crippen LogP contribution in [0.3, 0.4) is 0 Å². The van der Waals surface area contributed by atoms with Crippen molar-refractivity contribution < 1.29 is 14.7 Å². The Morgan fingerprint density at radius 1 is 1.53 bits per heavy atom. The fourth-order valence-electron chi connectivity index (χ4n) is 2.04. The molecule has 0 aromatic carbocycles. The molecule has 0 spiro atoms. The number of carbonyl (C=O) groups is 2. The Labute approximate surface area is 90.3 Å². The van der Waals surface area contributed by atoms with E-state index >= 15 is 0 Å². The first kappa shape index (κ1) is 12.2. The second kappa shape index (κ2) is 4.31. The van der Waals surface area contributed by atoms with Gasteiger partial charge in [0.15, 0.2) is 0 Å². The van der Waals surface area contributed by atoms with E-state index in [2.05, 4.69) is 0 Å². The lowest BCUT2D eigenvalue weighted by Crippen LogP contribution is -2.50. The summed E-state index contributed by atoms with van der Waals surface area (Å²) in [6, 6.07) is 0. The molecule has 1 N–H and O–H groups in total. The zero-order valence-corrected chi connectivity index (χ0v) is 9.62. The molecule has 2 amide bonds. The Morgan fingerprint density at radius 2 is 2.13 bits per heavy atom. The zero-order valence-electron chi connectivity index (χ0n) is 9.62. The third kappa shape index (κ3) is 2.04. The average Bonchev–Trinajstić information content (AvgIpc) is 2.42. The summed E-state index contributed by atoms with van der Waals surface area (Å²) < 4.78 is 0. The average molecular weight is 213 g/mol. The molecule has 1 heterocycles. The Hall–Kier alpha value is -0.900. The largest absolute Gasteiger partial charge is 0.396 e.